The lowest BCUT2D eigenvalue weighted by Crippen LogP contribution is -2.53. The van der Waals surface area contributed by atoms with Crippen LogP contribution in [0.2, 0.25) is 0 Å². The number of aliphatic carboxylic acids is 2. The fourth-order valence-corrected chi connectivity index (χ4v) is 4.36. The molecule has 0 amide bonds. The smallest absolute Gasteiger partial charge is 0.321 e. The van der Waals surface area contributed by atoms with Gasteiger partial charge in [-0.2, -0.15) is 0 Å². The first-order valence-electron chi connectivity index (χ1n) is 6.84. The van der Waals surface area contributed by atoms with Gasteiger partial charge in [0.15, 0.2) is 0 Å². The van der Waals surface area contributed by atoms with Crippen molar-refractivity contribution in [3.8, 4) is 0 Å². The van der Waals surface area contributed by atoms with Crippen LogP contribution < -0.4 is 11.2 Å². The maximum absolute atomic E-state index is 11.3. The van der Waals surface area contributed by atoms with Gasteiger partial charge in [0, 0.05) is 22.5 Å². The average molecular weight is 354 g/mol. The number of nitrogens with one attached hydrogen (secondary N) is 1. The van der Waals surface area contributed by atoms with Gasteiger partial charge in [-0.1, -0.05) is 21.6 Å². The summed E-state index contributed by atoms with van der Waals surface area (Å²) in [5.41, 5.74) is -0.554. The Morgan fingerprint density at radius 3 is 2.32 bits per heavy atom. The molecule has 0 fully saturated rings. The molecular weight excluding hydrogens is 328 g/mol. The summed E-state index contributed by atoms with van der Waals surface area (Å²) in [6.45, 7) is 7.71. The van der Waals surface area contributed by atoms with Crippen LogP contribution in [0.15, 0.2) is 0 Å². The van der Waals surface area contributed by atoms with Gasteiger partial charge in [0.1, 0.15) is 6.04 Å². The van der Waals surface area contributed by atoms with Crippen LogP contribution >= 0.6 is 21.6 Å². The molecule has 1 unspecified atom stereocenters. The number of hydrogen-bond acceptors (Lipinski definition) is 7. The van der Waals surface area contributed by atoms with Crippen LogP contribution in [0.5, 0.6) is 0 Å². The normalized spacial score (nSPS) is 13.9. The Morgan fingerprint density at radius 1 is 1.27 bits per heavy atom. The lowest BCUT2D eigenvalue weighted by Gasteiger charge is -2.29. The molecule has 0 aromatic heterocycles. The monoisotopic (exact) mass is 354 g/mol. The van der Waals surface area contributed by atoms with Crippen molar-refractivity contribution in [3.63, 3.8) is 0 Å². The minimum Gasteiger partial charge on any atom is -0.481 e. The molecule has 0 aliphatic carbocycles. The molecule has 0 radical (unpaired) electrons. The summed E-state index contributed by atoms with van der Waals surface area (Å²) in [7, 11) is 2.92. The number of carboxylic acids is 2. The van der Waals surface area contributed by atoms with Gasteiger partial charge < -0.3 is 15.1 Å². The first kappa shape index (κ1) is 21.5. The molecule has 0 rings (SSSR count). The number of nitrogens with two attached hydrogens (primary N) is 1. The van der Waals surface area contributed by atoms with E-state index in [1.54, 1.807) is 0 Å². The molecule has 22 heavy (non-hydrogen) atoms. The molecule has 0 aliphatic heterocycles. The summed E-state index contributed by atoms with van der Waals surface area (Å²) in [5, 5.41) is 21.0. The summed E-state index contributed by atoms with van der Waals surface area (Å²) < 4.78 is -0.234. The Balaban J connectivity index is 4.37. The molecule has 0 aliphatic rings. The molecule has 130 valence electrons. The van der Waals surface area contributed by atoms with Crippen molar-refractivity contribution in [2.24, 2.45) is 5.90 Å². The van der Waals surface area contributed by atoms with Crippen LogP contribution in [0, 0.1) is 0 Å². The predicted molar refractivity (Wildman–Crippen MR) is 89.8 cm³/mol. The van der Waals surface area contributed by atoms with E-state index in [0.717, 1.165) is 0 Å². The number of rotatable bonds is 12. The molecule has 0 saturated carbocycles. The molecule has 9 heteroatoms. The van der Waals surface area contributed by atoms with Gasteiger partial charge in [0.25, 0.3) is 0 Å². The average Bonchev–Trinajstić information content (AvgIpc) is 2.34. The highest BCUT2D eigenvalue weighted by molar-refractivity contribution is 8.77. The molecule has 7 nitrogen and oxygen atoms in total. The van der Waals surface area contributed by atoms with E-state index in [2.05, 4.69) is 10.2 Å². The van der Waals surface area contributed by atoms with E-state index < -0.39 is 23.5 Å². The number of carboxylic acid groups (broad SMARTS) is 2. The van der Waals surface area contributed by atoms with Crippen LogP contribution in [0.1, 0.15) is 40.5 Å². The summed E-state index contributed by atoms with van der Waals surface area (Å²) >= 11 is 0. The van der Waals surface area contributed by atoms with Crippen LogP contribution in [-0.4, -0.2) is 50.8 Å². The Bertz CT molecular complexity index is 377. The minimum atomic E-state index is -0.943. The highest BCUT2D eigenvalue weighted by Crippen LogP contribution is 2.39. The van der Waals surface area contributed by atoms with Gasteiger partial charge in [0.05, 0.1) is 6.61 Å². The highest BCUT2D eigenvalue weighted by atomic mass is 33.1. The van der Waals surface area contributed by atoms with Crippen LogP contribution in [0.4, 0.5) is 0 Å². The highest BCUT2D eigenvalue weighted by Gasteiger charge is 2.28. The van der Waals surface area contributed by atoms with Gasteiger partial charge in [-0.15, -0.1) is 0 Å². The maximum Gasteiger partial charge on any atom is 0.321 e. The Kier molecular flexibility index (Phi) is 9.40. The largest absolute Gasteiger partial charge is 0.481 e. The Labute approximate surface area is 139 Å². The van der Waals surface area contributed by atoms with Crippen LogP contribution in [0.25, 0.3) is 0 Å². The number of hydrogen-bond donors (Lipinski definition) is 4. The van der Waals surface area contributed by atoms with E-state index in [9.17, 15) is 14.7 Å². The van der Waals surface area contributed by atoms with Crippen LogP contribution in [0.3, 0.4) is 0 Å². The zero-order valence-corrected chi connectivity index (χ0v) is 15.1. The second-order valence-corrected chi connectivity index (χ2v) is 9.30. The van der Waals surface area contributed by atoms with E-state index in [1.807, 2.05) is 27.7 Å². The summed E-state index contributed by atoms with van der Waals surface area (Å²) in [4.78, 5) is 26.5. The maximum atomic E-state index is 11.3. The second-order valence-electron chi connectivity index (χ2n) is 6.25. The predicted octanol–water partition coefficient (Wildman–Crippen LogP) is 1.72. The molecular formula is C13H26N2O5S2. The third kappa shape index (κ3) is 10.3. The van der Waals surface area contributed by atoms with Crippen molar-refractivity contribution in [2.75, 3.05) is 12.4 Å². The molecule has 0 aromatic carbocycles. The topological polar surface area (TPSA) is 122 Å². The van der Waals surface area contributed by atoms with E-state index in [4.69, 9.17) is 11.0 Å². The van der Waals surface area contributed by atoms with E-state index in [1.165, 1.54) is 21.6 Å². The molecule has 0 aromatic rings. The van der Waals surface area contributed by atoms with Crippen molar-refractivity contribution in [1.82, 2.24) is 5.32 Å². The van der Waals surface area contributed by atoms with Crippen molar-refractivity contribution >= 4 is 33.5 Å². The summed E-state index contributed by atoms with van der Waals surface area (Å²) in [6.07, 6.45) is 0.625. The molecule has 0 spiro atoms. The van der Waals surface area contributed by atoms with Crippen molar-refractivity contribution in [3.05, 3.63) is 0 Å². The molecule has 0 heterocycles. The molecule has 0 saturated heterocycles. The zero-order valence-electron chi connectivity index (χ0n) is 13.4. The first-order valence-corrected chi connectivity index (χ1v) is 9.15. The second kappa shape index (κ2) is 9.61. The lowest BCUT2D eigenvalue weighted by atomic mass is 10.1. The van der Waals surface area contributed by atoms with Gasteiger partial charge in [-0.05, 0) is 34.1 Å². The van der Waals surface area contributed by atoms with Gasteiger partial charge in [-0.25, -0.2) is 5.90 Å². The van der Waals surface area contributed by atoms with E-state index >= 15 is 0 Å². The quantitative estimate of drug-likeness (QED) is 0.306. The van der Waals surface area contributed by atoms with E-state index in [0.29, 0.717) is 12.2 Å². The Hall–Kier alpha value is -0.480. The van der Waals surface area contributed by atoms with Crippen molar-refractivity contribution in [1.29, 1.82) is 0 Å². The van der Waals surface area contributed by atoms with Gasteiger partial charge >= 0.3 is 11.9 Å². The lowest BCUT2D eigenvalue weighted by molar-refractivity contribution is -0.139. The molecule has 1 atom stereocenters. The number of carbonyl (C=O) groups is 2. The van der Waals surface area contributed by atoms with Crippen molar-refractivity contribution in [2.45, 2.75) is 56.9 Å². The standard InChI is InChI=1S/C13H26N2O5S2/c1-12(2,8-20-14)15-9(11(18)19)7-21-22-13(3,4)6-5-10(16)17/h9,15H,5-8,14H2,1-4H3,(H,16,17)(H,18,19). The van der Waals surface area contributed by atoms with Gasteiger partial charge in [-0.3, -0.25) is 14.9 Å². The van der Waals surface area contributed by atoms with Crippen LogP contribution in [-0.2, 0) is 14.4 Å². The third-order valence-electron chi connectivity index (χ3n) is 2.77. The summed E-state index contributed by atoms with van der Waals surface area (Å²) in [5.74, 6) is 3.62. The SMILES string of the molecule is CC(C)(CON)NC(CSSC(C)(C)CCC(=O)O)C(=O)O. The molecule has 5 N–H and O–H groups in total. The fourth-order valence-electron chi connectivity index (χ4n) is 1.61. The Morgan fingerprint density at radius 2 is 1.86 bits per heavy atom. The molecule has 0 bridgehead atoms. The zero-order chi connectivity index (χ0) is 17.4. The summed E-state index contributed by atoms with van der Waals surface area (Å²) in [6, 6.07) is -0.738. The van der Waals surface area contributed by atoms with Gasteiger partial charge in [0.2, 0.25) is 0 Å². The van der Waals surface area contributed by atoms with Crippen molar-refractivity contribution < 1.29 is 24.6 Å². The third-order valence-corrected chi connectivity index (χ3v) is 6.13. The first-order chi connectivity index (χ1) is 9.99. The minimum absolute atomic E-state index is 0.0992. The fraction of sp³-hybridized carbons (Fsp3) is 0.846. The van der Waals surface area contributed by atoms with E-state index in [-0.39, 0.29) is 17.8 Å².